The first kappa shape index (κ1) is 12.9. The van der Waals surface area contributed by atoms with Gasteiger partial charge in [-0.25, -0.2) is 0 Å². The van der Waals surface area contributed by atoms with Crippen LogP contribution >= 0.6 is 0 Å². The Morgan fingerprint density at radius 1 is 1.00 bits per heavy atom. The Bertz CT molecular complexity index is 314. The number of aliphatic hydroxyl groups is 4. The maximum absolute atomic E-state index is 9.59. The van der Waals surface area contributed by atoms with Crippen molar-refractivity contribution < 1.29 is 20.4 Å². The van der Waals surface area contributed by atoms with Crippen molar-refractivity contribution in [2.45, 2.75) is 24.7 Å². The molecule has 90 valence electrons. The Kier molecular flexibility index (Phi) is 4.70. The van der Waals surface area contributed by atoms with Gasteiger partial charge in [0.25, 0.3) is 0 Å². The SMILES string of the molecule is Nc1ccc(C[C@@H](O)[C@@H](O)[C@@H](O)CO)cc1. The van der Waals surface area contributed by atoms with Crippen molar-refractivity contribution >= 4 is 5.69 Å². The zero-order valence-corrected chi connectivity index (χ0v) is 8.82. The first-order valence-corrected chi connectivity index (χ1v) is 5.04. The van der Waals surface area contributed by atoms with Crippen molar-refractivity contribution in [1.29, 1.82) is 0 Å². The van der Waals surface area contributed by atoms with Crippen LogP contribution in [0.3, 0.4) is 0 Å². The van der Waals surface area contributed by atoms with Gasteiger partial charge < -0.3 is 26.2 Å². The molecule has 0 spiro atoms. The second-order valence-corrected chi connectivity index (χ2v) is 3.75. The summed E-state index contributed by atoms with van der Waals surface area (Å²) in [4.78, 5) is 0. The van der Waals surface area contributed by atoms with Gasteiger partial charge in [-0.2, -0.15) is 0 Å². The molecule has 16 heavy (non-hydrogen) atoms. The Labute approximate surface area is 93.8 Å². The first-order chi connectivity index (χ1) is 7.54. The fourth-order valence-corrected chi connectivity index (χ4v) is 1.38. The number of hydrogen-bond donors (Lipinski definition) is 5. The summed E-state index contributed by atoms with van der Waals surface area (Å²) in [5.74, 6) is 0. The highest BCUT2D eigenvalue weighted by Crippen LogP contribution is 2.11. The highest BCUT2D eigenvalue weighted by Gasteiger charge is 2.23. The molecule has 0 saturated heterocycles. The van der Waals surface area contributed by atoms with Gasteiger partial charge in [0.15, 0.2) is 0 Å². The molecule has 0 fully saturated rings. The number of nitrogen functional groups attached to an aromatic ring is 1. The van der Waals surface area contributed by atoms with Gasteiger partial charge >= 0.3 is 0 Å². The molecule has 0 aromatic heterocycles. The lowest BCUT2D eigenvalue weighted by molar-refractivity contribution is -0.0755. The van der Waals surface area contributed by atoms with E-state index in [1.807, 2.05) is 0 Å². The van der Waals surface area contributed by atoms with Gasteiger partial charge in [0.2, 0.25) is 0 Å². The van der Waals surface area contributed by atoms with Gasteiger partial charge in [0.05, 0.1) is 12.7 Å². The van der Waals surface area contributed by atoms with Gasteiger partial charge in [-0.15, -0.1) is 0 Å². The van der Waals surface area contributed by atoms with Crippen molar-refractivity contribution in [3.05, 3.63) is 29.8 Å². The van der Waals surface area contributed by atoms with Crippen molar-refractivity contribution in [2.24, 2.45) is 0 Å². The maximum atomic E-state index is 9.59. The summed E-state index contributed by atoms with van der Waals surface area (Å²) in [5.41, 5.74) is 6.92. The summed E-state index contributed by atoms with van der Waals surface area (Å²) < 4.78 is 0. The third-order valence-corrected chi connectivity index (χ3v) is 2.40. The fourth-order valence-electron chi connectivity index (χ4n) is 1.38. The number of aliphatic hydroxyl groups excluding tert-OH is 4. The van der Waals surface area contributed by atoms with E-state index in [9.17, 15) is 10.2 Å². The van der Waals surface area contributed by atoms with E-state index in [1.54, 1.807) is 24.3 Å². The largest absolute Gasteiger partial charge is 0.399 e. The van der Waals surface area contributed by atoms with Gasteiger partial charge in [0.1, 0.15) is 12.2 Å². The molecule has 0 aliphatic carbocycles. The maximum Gasteiger partial charge on any atom is 0.108 e. The molecule has 0 unspecified atom stereocenters. The quantitative estimate of drug-likeness (QED) is 0.410. The van der Waals surface area contributed by atoms with Crippen LogP contribution in [0.25, 0.3) is 0 Å². The van der Waals surface area contributed by atoms with Crippen LogP contribution in [0, 0.1) is 0 Å². The molecule has 6 N–H and O–H groups in total. The standard InChI is InChI=1S/C11H17NO4/c12-8-3-1-7(2-4-8)5-9(14)11(16)10(15)6-13/h1-4,9-11,13-16H,5-6,12H2/t9-,10+,11-/m1/s1. The first-order valence-electron chi connectivity index (χ1n) is 5.04. The fraction of sp³-hybridized carbons (Fsp3) is 0.455. The summed E-state index contributed by atoms with van der Waals surface area (Å²) in [5, 5.41) is 36.8. The monoisotopic (exact) mass is 227 g/mol. The molecule has 0 radical (unpaired) electrons. The van der Waals surface area contributed by atoms with E-state index < -0.39 is 24.9 Å². The molecule has 1 aromatic rings. The lowest BCUT2D eigenvalue weighted by Gasteiger charge is -2.21. The summed E-state index contributed by atoms with van der Waals surface area (Å²) in [7, 11) is 0. The van der Waals surface area contributed by atoms with Gasteiger partial charge in [0, 0.05) is 12.1 Å². The second-order valence-electron chi connectivity index (χ2n) is 3.75. The third kappa shape index (κ3) is 3.46. The van der Waals surface area contributed by atoms with E-state index in [4.69, 9.17) is 15.9 Å². The summed E-state index contributed by atoms with van der Waals surface area (Å²) in [6, 6.07) is 6.85. The van der Waals surface area contributed by atoms with Crippen molar-refractivity contribution in [1.82, 2.24) is 0 Å². The van der Waals surface area contributed by atoms with E-state index in [1.165, 1.54) is 0 Å². The minimum Gasteiger partial charge on any atom is -0.399 e. The highest BCUT2D eigenvalue weighted by molar-refractivity contribution is 5.39. The Balaban J connectivity index is 2.56. The number of benzene rings is 1. The smallest absolute Gasteiger partial charge is 0.108 e. The van der Waals surface area contributed by atoms with E-state index in [2.05, 4.69) is 0 Å². The van der Waals surface area contributed by atoms with Gasteiger partial charge in [-0.05, 0) is 17.7 Å². The van der Waals surface area contributed by atoms with Crippen LogP contribution in [-0.4, -0.2) is 45.3 Å². The molecule has 5 heteroatoms. The van der Waals surface area contributed by atoms with Crippen LogP contribution in [0.1, 0.15) is 5.56 Å². The normalized spacial score (nSPS) is 16.8. The van der Waals surface area contributed by atoms with Crippen LogP contribution in [0.5, 0.6) is 0 Å². The average Bonchev–Trinajstić information content (AvgIpc) is 2.30. The minimum absolute atomic E-state index is 0.193. The molecule has 5 nitrogen and oxygen atoms in total. The highest BCUT2D eigenvalue weighted by atomic mass is 16.4. The van der Waals surface area contributed by atoms with Crippen LogP contribution < -0.4 is 5.73 Å². The van der Waals surface area contributed by atoms with Crippen molar-refractivity contribution in [2.75, 3.05) is 12.3 Å². The Hall–Kier alpha value is -1.14. The summed E-state index contributed by atoms with van der Waals surface area (Å²) >= 11 is 0. The molecule has 0 heterocycles. The zero-order chi connectivity index (χ0) is 12.1. The lowest BCUT2D eigenvalue weighted by Crippen LogP contribution is -2.40. The molecule has 1 rings (SSSR count). The predicted molar refractivity (Wildman–Crippen MR) is 59.7 cm³/mol. The number of rotatable bonds is 5. The molecule has 3 atom stereocenters. The molecular weight excluding hydrogens is 210 g/mol. The molecule has 0 bridgehead atoms. The van der Waals surface area contributed by atoms with Gasteiger partial charge in [-0.1, -0.05) is 12.1 Å². The van der Waals surface area contributed by atoms with Crippen LogP contribution in [0.4, 0.5) is 5.69 Å². The molecule has 0 aliphatic rings. The van der Waals surface area contributed by atoms with E-state index in [-0.39, 0.29) is 6.42 Å². The Morgan fingerprint density at radius 2 is 1.56 bits per heavy atom. The molecule has 0 saturated carbocycles. The second kappa shape index (κ2) is 5.81. The van der Waals surface area contributed by atoms with Crippen molar-refractivity contribution in [3.63, 3.8) is 0 Å². The minimum atomic E-state index is -1.36. The molecular formula is C11H17NO4. The Morgan fingerprint density at radius 3 is 2.06 bits per heavy atom. The average molecular weight is 227 g/mol. The van der Waals surface area contributed by atoms with Gasteiger partial charge in [-0.3, -0.25) is 0 Å². The molecule has 0 aliphatic heterocycles. The van der Waals surface area contributed by atoms with E-state index in [0.717, 1.165) is 5.56 Å². The number of anilines is 1. The lowest BCUT2D eigenvalue weighted by atomic mass is 10.0. The zero-order valence-electron chi connectivity index (χ0n) is 8.82. The van der Waals surface area contributed by atoms with E-state index in [0.29, 0.717) is 5.69 Å². The van der Waals surface area contributed by atoms with Crippen LogP contribution in [0.15, 0.2) is 24.3 Å². The van der Waals surface area contributed by atoms with E-state index >= 15 is 0 Å². The number of hydrogen-bond acceptors (Lipinski definition) is 5. The number of nitrogens with two attached hydrogens (primary N) is 1. The van der Waals surface area contributed by atoms with Crippen LogP contribution in [0.2, 0.25) is 0 Å². The topological polar surface area (TPSA) is 107 Å². The molecule has 0 amide bonds. The summed E-state index contributed by atoms with van der Waals surface area (Å²) in [6.45, 7) is -0.583. The van der Waals surface area contributed by atoms with Crippen LogP contribution in [-0.2, 0) is 6.42 Å². The molecule has 1 aromatic carbocycles. The third-order valence-electron chi connectivity index (χ3n) is 2.40. The summed E-state index contributed by atoms with van der Waals surface area (Å²) in [6.07, 6.45) is -3.62. The predicted octanol–water partition coefficient (Wildman–Crippen LogP) is -1.11. The van der Waals surface area contributed by atoms with Crippen molar-refractivity contribution in [3.8, 4) is 0 Å².